The van der Waals surface area contributed by atoms with Crippen molar-refractivity contribution in [2.75, 3.05) is 49.1 Å². The van der Waals surface area contributed by atoms with Crippen LogP contribution in [0.15, 0.2) is 36.4 Å². The molecule has 0 saturated carbocycles. The number of carbonyl (C=O) groups excluding carboxylic acids is 2. The Bertz CT molecular complexity index is 978. The monoisotopic (exact) mass is 552 g/mol. The van der Waals surface area contributed by atoms with Crippen LogP contribution in [0.25, 0.3) is 0 Å². The van der Waals surface area contributed by atoms with Gasteiger partial charge in [0.15, 0.2) is 0 Å². The largest absolute Gasteiger partial charge is 0.383 e. The lowest BCUT2D eigenvalue weighted by atomic mass is 10.0. The number of methoxy groups -OCH3 is 2. The summed E-state index contributed by atoms with van der Waals surface area (Å²) >= 11 is 11.4. The summed E-state index contributed by atoms with van der Waals surface area (Å²) in [5, 5.41) is 0. The van der Waals surface area contributed by atoms with E-state index in [0.29, 0.717) is 6.61 Å². The molecule has 2 aromatic rings. The van der Waals surface area contributed by atoms with Crippen molar-refractivity contribution in [2.24, 2.45) is 0 Å². The minimum absolute atomic E-state index is 0.0223. The highest BCUT2D eigenvalue weighted by Gasteiger charge is 2.24. The SMILES string of the molecule is CCc1cccc(C)c1N(C(=O)CCl)[C@@H](C)COC.CCc1cccc(CC)c1N(COC)C(=O)CCl. The minimum atomic E-state index is -0.130. The molecule has 0 spiro atoms. The highest BCUT2D eigenvalue weighted by molar-refractivity contribution is 6.30. The molecule has 2 aromatic carbocycles. The van der Waals surface area contributed by atoms with Gasteiger partial charge >= 0.3 is 0 Å². The first-order valence-corrected chi connectivity index (χ1v) is 13.7. The van der Waals surface area contributed by atoms with E-state index in [0.717, 1.165) is 52.9 Å². The fraction of sp³-hybridized carbons (Fsp3) is 0.517. The van der Waals surface area contributed by atoms with E-state index in [9.17, 15) is 9.59 Å². The van der Waals surface area contributed by atoms with Crippen LogP contribution >= 0.6 is 23.2 Å². The summed E-state index contributed by atoms with van der Waals surface area (Å²) in [6.45, 7) is 10.9. The third kappa shape index (κ3) is 8.99. The maximum absolute atomic E-state index is 12.2. The van der Waals surface area contributed by atoms with Gasteiger partial charge in [-0.25, -0.2) is 0 Å². The average molecular weight is 554 g/mol. The lowest BCUT2D eigenvalue weighted by Crippen LogP contribution is -2.43. The molecule has 0 heterocycles. The Kier molecular flexibility index (Phi) is 15.5. The standard InChI is InChI=1S/C15H22ClNO2.C14H20ClNO2/c1-5-13-8-6-7-11(2)15(13)17(14(18)9-16)12(3)10-19-4;1-4-11-7-6-8-12(5-2)14(11)16(10-18-3)13(17)9-15/h6-8,12H,5,9-10H2,1-4H3;6-8H,4-5,9-10H2,1-3H3/t12-;/m0./s1. The van der Waals surface area contributed by atoms with E-state index in [-0.39, 0.29) is 36.3 Å². The van der Waals surface area contributed by atoms with Crippen LogP contribution in [-0.2, 0) is 38.3 Å². The fourth-order valence-corrected chi connectivity index (χ4v) is 4.62. The van der Waals surface area contributed by atoms with E-state index in [1.54, 1.807) is 24.0 Å². The second-order valence-corrected chi connectivity index (χ2v) is 9.18. The summed E-state index contributed by atoms with van der Waals surface area (Å²) in [5.41, 5.74) is 6.45. The van der Waals surface area contributed by atoms with Crippen LogP contribution < -0.4 is 9.80 Å². The van der Waals surface area contributed by atoms with E-state index in [1.807, 2.05) is 44.2 Å². The highest BCUT2D eigenvalue weighted by atomic mass is 35.5. The van der Waals surface area contributed by atoms with Crippen molar-refractivity contribution in [2.45, 2.75) is 59.9 Å². The van der Waals surface area contributed by atoms with E-state index in [2.05, 4.69) is 26.8 Å². The molecule has 0 fully saturated rings. The number of amides is 2. The number of para-hydroxylation sites is 2. The second kappa shape index (κ2) is 17.4. The van der Waals surface area contributed by atoms with Crippen LogP contribution in [0.1, 0.15) is 49.9 Å². The van der Waals surface area contributed by atoms with Gasteiger partial charge in [0, 0.05) is 14.2 Å². The zero-order valence-corrected chi connectivity index (χ0v) is 24.8. The van der Waals surface area contributed by atoms with Gasteiger partial charge in [0.05, 0.1) is 24.0 Å². The van der Waals surface area contributed by atoms with Gasteiger partial charge in [0.1, 0.15) is 18.5 Å². The Labute approximate surface area is 232 Å². The van der Waals surface area contributed by atoms with Crippen molar-refractivity contribution >= 4 is 46.4 Å². The first-order valence-electron chi connectivity index (χ1n) is 12.7. The molecule has 0 N–H and O–H groups in total. The van der Waals surface area contributed by atoms with Gasteiger partial charge in [-0.2, -0.15) is 0 Å². The molecule has 206 valence electrons. The van der Waals surface area contributed by atoms with Gasteiger partial charge in [-0.3, -0.25) is 14.5 Å². The number of hydrogen-bond donors (Lipinski definition) is 0. The molecule has 0 saturated heterocycles. The smallest absolute Gasteiger partial charge is 0.243 e. The number of halogens is 2. The molecule has 0 unspecified atom stereocenters. The summed E-state index contributed by atoms with van der Waals surface area (Å²) in [4.78, 5) is 27.5. The molecule has 0 radical (unpaired) electrons. The Morgan fingerprint density at radius 2 is 1.30 bits per heavy atom. The third-order valence-corrected chi connectivity index (χ3v) is 6.54. The average Bonchev–Trinajstić information content (AvgIpc) is 2.92. The quantitative estimate of drug-likeness (QED) is 0.234. The van der Waals surface area contributed by atoms with Crippen molar-refractivity contribution in [3.63, 3.8) is 0 Å². The van der Waals surface area contributed by atoms with Crippen molar-refractivity contribution in [1.29, 1.82) is 0 Å². The molecule has 0 aromatic heterocycles. The van der Waals surface area contributed by atoms with Gasteiger partial charge in [-0.15, -0.1) is 23.2 Å². The lowest BCUT2D eigenvalue weighted by Gasteiger charge is -2.31. The van der Waals surface area contributed by atoms with Gasteiger partial charge in [0.25, 0.3) is 0 Å². The number of benzene rings is 2. The number of aryl methyl sites for hydroxylation is 4. The molecule has 0 aliphatic carbocycles. The molecule has 37 heavy (non-hydrogen) atoms. The Morgan fingerprint density at radius 1 is 0.811 bits per heavy atom. The van der Waals surface area contributed by atoms with Gasteiger partial charge in [-0.05, 0) is 55.4 Å². The molecule has 0 aliphatic rings. The summed E-state index contributed by atoms with van der Waals surface area (Å²) in [7, 11) is 3.22. The van der Waals surface area contributed by atoms with Crippen LogP contribution in [-0.4, -0.2) is 57.2 Å². The van der Waals surface area contributed by atoms with Gasteiger partial charge in [-0.1, -0.05) is 57.2 Å². The van der Waals surface area contributed by atoms with Crippen LogP contribution in [0.5, 0.6) is 0 Å². The number of alkyl halides is 2. The van der Waals surface area contributed by atoms with Crippen LogP contribution in [0.4, 0.5) is 11.4 Å². The number of hydrogen-bond acceptors (Lipinski definition) is 4. The van der Waals surface area contributed by atoms with Crippen molar-refractivity contribution in [1.82, 2.24) is 0 Å². The topological polar surface area (TPSA) is 59.1 Å². The molecule has 2 rings (SSSR count). The zero-order chi connectivity index (χ0) is 28.0. The number of nitrogens with zero attached hydrogens (tertiary/aromatic N) is 2. The molecule has 1 atom stereocenters. The Morgan fingerprint density at radius 3 is 1.73 bits per heavy atom. The zero-order valence-electron chi connectivity index (χ0n) is 23.3. The van der Waals surface area contributed by atoms with Crippen molar-refractivity contribution in [3.8, 4) is 0 Å². The first-order chi connectivity index (χ1) is 17.7. The molecule has 0 bridgehead atoms. The molecule has 6 nitrogen and oxygen atoms in total. The number of rotatable bonds is 12. The first kappa shape index (κ1) is 32.9. The maximum atomic E-state index is 12.2. The molecule has 2 amide bonds. The normalized spacial score (nSPS) is 11.4. The van der Waals surface area contributed by atoms with Crippen molar-refractivity contribution in [3.05, 3.63) is 58.7 Å². The van der Waals surface area contributed by atoms with Gasteiger partial charge in [0.2, 0.25) is 11.8 Å². The van der Waals surface area contributed by atoms with E-state index in [4.69, 9.17) is 32.7 Å². The summed E-state index contributed by atoms with van der Waals surface area (Å²) in [6, 6.07) is 12.2. The molecular weight excluding hydrogens is 511 g/mol. The summed E-state index contributed by atoms with van der Waals surface area (Å²) < 4.78 is 10.3. The van der Waals surface area contributed by atoms with Crippen LogP contribution in [0.2, 0.25) is 0 Å². The van der Waals surface area contributed by atoms with Crippen molar-refractivity contribution < 1.29 is 19.1 Å². The summed E-state index contributed by atoms with van der Waals surface area (Å²) in [6.07, 6.45) is 2.63. The molecule has 0 aliphatic heterocycles. The van der Waals surface area contributed by atoms with E-state index in [1.165, 1.54) is 0 Å². The fourth-order valence-electron chi connectivity index (χ4n) is 4.35. The van der Waals surface area contributed by atoms with E-state index >= 15 is 0 Å². The second-order valence-electron chi connectivity index (χ2n) is 8.64. The molecule has 8 heteroatoms. The van der Waals surface area contributed by atoms with Crippen LogP contribution in [0, 0.1) is 6.92 Å². The number of anilines is 2. The maximum Gasteiger partial charge on any atom is 0.243 e. The third-order valence-electron chi connectivity index (χ3n) is 6.08. The number of carbonyl (C=O) groups is 2. The predicted octanol–water partition coefficient (Wildman–Crippen LogP) is 6.15. The minimum Gasteiger partial charge on any atom is -0.383 e. The molecular formula is C29H42Cl2N2O4. The lowest BCUT2D eigenvalue weighted by molar-refractivity contribution is -0.117. The van der Waals surface area contributed by atoms with Gasteiger partial charge < -0.3 is 14.4 Å². The number of ether oxygens (including phenoxy) is 2. The van der Waals surface area contributed by atoms with Crippen LogP contribution in [0.3, 0.4) is 0 Å². The Balaban J connectivity index is 0.000000371. The Hall–Kier alpha value is -2.12. The summed E-state index contributed by atoms with van der Waals surface area (Å²) in [5.74, 6) is -0.278. The van der Waals surface area contributed by atoms with E-state index < -0.39 is 0 Å². The predicted molar refractivity (Wildman–Crippen MR) is 155 cm³/mol. The highest BCUT2D eigenvalue weighted by Crippen LogP contribution is 2.29.